The van der Waals surface area contributed by atoms with Crippen molar-refractivity contribution >= 4 is 11.8 Å². The predicted octanol–water partition coefficient (Wildman–Crippen LogP) is 4.04. The van der Waals surface area contributed by atoms with Gasteiger partial charge in [-0.2, -0.15) is 0 Å². The summed E-state index contributed by atoms with van der Waals surface area (Å²) in [5.74, 6) is 0.527. The van der Waals surface area contributed by atoms with Gasteiger partial charge in [-0.25, -0.2) is 0 Å². The van der Waals surface area contributed by atoms with Crippen molar-refractivity contribution in [3.63, 3.8) is 0 Å². The van der Waals surface area contributed by atoms with E-state index in [1.165, 1.54) is 25.7 Å². The number of amides is 2. The largest absolute Gasteiger partial charge is 0.342 e. The average molecular weight is 475 g/mol. The third kappa shape index (κ3) is 5.58. The number of piperazine rings is 1. The van der Waals surface area contributed by atoms with Crippen molar-refractivity contribution in [1.29, 1.82) is 0 Å². The van der Waals surface area contributed by atoms with Gasteiger partial charge in [-0.15, -0.1) is 0 Å². The molecule has 0 N–H and O–H groups in total. The molecule has 2 saturated heterocycles. The van der Waals surface area contributed by atoms with Gasteiger partial charge >= 0.3 is 0 Å². The molecule has 0 atom stereocenters. The molecular formula is C29H38N4O2. The molecule has 5 rings (SSSR count). The number of nitrogens with zero attached hydrogens (tertiary/aromatic N) is 4. The van der Waals surface area contributed by atoms with E-state index >= 15 is 0 Å². The number of carbonyl (C=O) groups is 2. The Balaban J connectivity index is 1.21. The van der Waals surface area contributed by atoms with E-state index in [9.17, 15) is 9.59 Å². The van der Waals surface area contributed by atoms with Gasteiger partial charge in [-0.05, 0) is 50.3 Å². The summed E-state index contributed by atoms with van der Waals surface area (Å²) in [6, 6.07) is 14.6. The zero-order chi connectivity index (χ0) is 24.2. The quantitative estimate of drug-likeness (QED) is 0.656. The summed E-state index contributed by atoms with van der Waals surface area (Å²) in [5, 5.41) is 0. The Morgan fingerprint density at radius 2 is 1.51 bits per heavy atom. The van der Waals surface area contributed by atoms with Crippen LogP contribution in [0.1, 0.15) is 71.8 Å². The molecule has 3 aliphatic rings. The number of aryl methyl sites for hydroxylation is 1. The van der Waals surface area contributed by atoms with Crippen LogP contribution in [0.3, 0.4) is 0 Å². The number of carbonyl (C=O) groups excluding carboxylic acids is 2. The van der Waals surface area contributed by atoms with Gasteiger partial charge in [-0.1, -0.05) is 43.2 Å². The Hall–Kier alpha value is -2.73. The zero-order valence-corrected chi connectivity index (χ0v) is 21.0. The molecule has 3 heterocycles. The number of pyridine rings is 1. The molecule has 35 heavy (non-hydrogen) atoms. The number of rotatable bonds is 5. The number of aromatic nitrogens is 1. The van der Waals surface area contributed by atoms with E-state index in [4.69, 9.17) is 4.98 Å². The molecular weight excluding hydrogens is 436 g/mol. The first-order valence-corrected chi connectivity index (χ1v) is 13.4. The van der Waals surface area contributed by atoms with Crippen molar-refractivity contribution in [3.8, 4) is 0 Å². The molecule has 2 aromatic rings. The molecule has 0 bridgehead atoms. The molecule has 1 saturated carbocycles. The molecule has 2 aliphatic heterocycles. The van der Waals surface area contributed by atoms with Crippen molar-refractivity contribution in [1.82, 2.24) is 19.7 Å². The highest BCUT2D eigenvalue weighted by molar-refractivity contribution is 5.95. The highest BCUT2D eigenvalue weighted by atomic mass is 16.2. The topological polar surface area (TPSA) is 56.8 Å². The van der Waals surface area contributed by atoms with Crippen LogP contribution in [-0.4, -0.2) is 76.8 Å². The van der Waals surface area contributed by atoms with Crippen LogP contribution in [0.4, 0.5) is 0 Å². The molecule has 1 aromatic heterocycles. The second-order valence-corrected chi connectivity index (χ2v) is 10.5. The lowest BCUT2D eigenvalue weighted by Crippen LogP contribution is -2.51. The minimum atomic E-state index is 0.126. The maximum Gasteiger partial charge on any atom is 0.255 e. The van der Waals surface area contributed by atoms with E-state index in [0.29, 0.717) is 6.42 Å². The summed E-state index contributed by atoms with van der Waals surface area (Å²) in [7, 11) is 0. The second kappa shape index (κ2) is 10.9. The van der Waals surface area contributed by atoms with Gasteiger partial charge in [0.15, 0.2) is 0 Å². The minimum absolute atomic E-state index is 0.126. The van der Waals surface area contributed by atoms with Gasteiger partial charge in [0.05, 0.1) is 17.7 Å². The monoisotopic (exact) mass is 474 g/mol. The molecule has 1 aromatic carbocycles. The first-order valence-electron chi connectivity index (χ1n) is 13.4. The number of hydrogen-bond acceptors (Lipinski definition) is 4. The normalized spacial score (nSPS) is 20.4. The molecule has 6 heteroatoms. The molecule has 2 amide bonds. The third-order valence-electron chi connectivity index (χ3n) is 8.17. The van der Waals surface area contributed by atoms with Crippen LogP contribution in [0.15, 0.2) is 42.5 Å². The number of piperidine rings is 1. The van der Waals surface area contributed by atoms with E-state index in [1.807, 2.05) is 59.2 Å². The third-order valence-corrected chi connectivity index (χ3v) is 8.17. The van der Waals surface area contributed by atoms with Gasteiger partial charge in [0, 0.05) is 56.9 Å². The summed E-state index contributed by atoms with van der Waals surface area (Å²) < 4.78 is 0. The summed E-state index contributed by atoms with van der Waals surface area (Å²) in [6.07, 6.45) is 7.47. The number of benzene rings is 1. The molecule has 0 spiro atoms. The molecule has 186 valence electrons. The Morgan fingerprint density at radius 3 is 2.20 bits per heavy atom. The minimum Gasteiger partial charge on any atom is -0.342 e. The van der Waals surface area contributed by atoms with Crippen LogP contribution in [0.25, 0.3) is 0 Å². The average Bonchev–Trinajstić information content (AvgIpc) is 3.44. The first kappa shape index (κ1) is 24.0. The van der Waals surface area contributed by atoms with Crippen molar-refractivity contribution < 1.29 is 9.59 Å². The highest BCUT2D eigenvalue weighted by Crippen LogP contribution is 2.31. The SMILES string of the molecule is Cc1ccc(C(=O)N2CCN(C3CCCC3)CC2)c(C2CCN(C(=O)Cc3ccccc3)CC2)n1. The van der Waals surface area contributed by atoms with E-state index < -0.39 is 0 Å². The Bertz CT molecular complexity index is 1020. The van der Waals surface area contributed by atoms with Gasteiger partial charge in [0.2, 0.25) is 5.91 Å². The lowest BCUT2D eigenvalue weighted by atomic mass is 9.89. The predicted molar refractivity (Wildman–Crippen MR) is 137 cm³/mol. The van der Waals surface area contributed by atoms with Gasteiger partial charge in [0.1, 0.15) is 0 Å². The van der Waals surface area contributed by atoms with Crippen molar-refractivity contribution in [2.45, 2.75) is 63.8 Å². The molecule has 0 unspecified atom stereocenters. The maximum absolute atomic E-state index is 13.6. The summed E-state index contributed by atoms with van der Waals surface area (Å²) >= 11 is 0. The van der Waals surface area contributed by atoms with Crippen LogP contribution >= 0.6 is 0 Å². The molecule has 3 fully saturated rings. The summed E-state index contributed by atoms with van der Waals surface area (Å²) in [6.45, 7) is 7.00. The van der Waals surface area contributed by atoms with E-state index in [0.717, 1.165) is 80.7 Å². The van der Waals surface area contributed by atoms with Crippen LogP contribution in [0.5, 0.6) is 0 Å². The highest BCUT2D eigenvalue weighted by Gasteiger charge is 2.32. The summed E-state index contributed by atoms with van der Waals surface area (Å²) in [4.78, 5) is 37.9. The smallest absolute Gasteiger partial charge is 0.255 e. The number of hydrogen-bond donors (Lipinski definition) is 0. The van der Waals surface area contributed by atoms with Crippen LogP contribution in [-0.2, 0) is 11.2 Å². The molecule has 1 aliphatic carbocycles. The first-order chi connectivity index (χ1) is 17.1. The van der Waals surface area contributed by atoms with E-state index in [-0.39, 0.29) is 17.7 Å². The Kier molecular flexibility index (Phi) is 7.47. The van der Waals surface area contributed by atoms with Gasteiger partial charge in [-0.3, -0.25) is 19.5 Å². The Morgan fingerprint density at radius 1 is 0.829 bits per heavy atom. The van der Waals surface area contributed by atoms with Crippen LogP contribution in [0.2, 0.25) is 0 Å². The van der Waals surface area contributed by atoms with Crippen molar-refractivity contribution in [2.24, 2.45) is 0 Å². The standard InChI is InChI=1S/C29H38N4O2/c1-22-11-12-26(29(35)33-19-17-31(18-20-33)25-9-5-6-10-25)28(30-22)24-13-15-32(16-14-24)27(34)21-23-7-3-2-4-8-23/h2-4,7-8,11-12,24-25H,5-6,9-10,13-21H2,1H3. The fraction of sp³-hybridized carbons (Fsp3) is 0.552. The number of likely N-dealkylation sites (tertiary alicyclic amines) is 1. The molecule has 6 nitrogen and oxygen atoms in total. The van der Waals surface area contributed by atoms with Crippen LogP contribution in [0, 0.1) is 6.92 Å². The lowest BCUT2D eigenvalue weighted by molar-refractivity contribution is -0.131. The maximum atomic E-state index is 13.6. The fourth-order valence-corrected chi connectivity index (χ4v) is 6.08. The van der Waals surface area contributed by atoms with E-state index in [1.54, 1.807) is 0 Å². The van der Waals surface area contributed by atoms with Crippen LogP contribution < -0.4 is 0 Å². The fourth-order valence-electron chi connectivity index (χ4n) is 6.08. The molecule has 0 radical (unpaired) electrons. The van der Waals surface area contributed by atoms with Crippen molar-refractivity contribution in [3.05, 3.63) is 65.0 Å². The second-order valence-electron chi connectivity index (χ2n) is 10.5. The van der Waals surface area contributed by atoms with Gasteiger partial charge in [0.25, 0.3) is 5.91 Å². The lowest BCUT2D eigenvalue weighted by Gasteiger charge is -2.38. The zero-order valence-electron chi connectivity index (χ0n) is 21.0. The van der Waals surface area contributed by atoms with E-state index in [2.05, 4.69) is 4.90 Å². The van der Waals surface area contributed by atoms with Gasteiger partial charge < -0.3 is 9.80 Å². The Labute approximate surface area is 209 Å². The summed E-state index contributed by atoms with van der Waals surface area (Å²) in [5.41, 5.74) is 3.70. The van der Waals surface area contributed by atoms with Crippen molar-refractivity contribution in [2.75, 3.05) is 39.3 Å².